The summed E-state index contributed by atoms with van der Waals surface area (Å²) < 4.78 is 46.3. The zero-order valence-corrected chi connectivity index (χ0v) is 10.4. The maximum absolute atomic E-state index is 7.37. The van der Waals surface area contributed by atoms with Crippen LogP contribution in [0.15, 0.2) is 16.6 Å². The van der Waals surface area contributed by atoms with Gasteiger partial charge in [0.2, 0.25) is 0 Å². The van der Waals surface area contributed by atoms with E-state index in [1.54, 1.807) is 0 Å². The van der Waals surface area contributed by atoms with Gasteiger partial charge in [-0.2, -0.15) is 0 Å². The first-order chi connectivity index (χ1) is 8.52. The molecule has 0 amide bonds. The molecule has 0 saturated heterocycles. The second-order valence-electron chi connectivity index (χ2n) is 2.58. The Labute approximate surface area is 112 Å². The lowest BCUT2D eigenvalue weighted by atomic mass is 10.1. The highest BCUT2D eigenvalue weighted by Gasteiger charge is 2.08. The molecule has 1 aromatic rings. The molecular formula is C10H15BrClNO2. The van der Waals surface area contributed by atoms with Crippen LogP contribution in [0.25, 0.3) is 0 Å². The molecule has 0 unspecified atom stereocenters. The molecule has 3 nitrogen and oxygen atoms in total. The van der Waals surface area contributed by atoms with Crippen LogP contribution in [0, 0.1) is 0 Å². The van der Waals surface area contributed by atoms with Crippen LogP contribution in [0.5, 0.6) is 11.5 Å². The molecule has 0 saturated carbocycles. The summed E-state index contributed by atoms with van der Waals surface area (Å²) in [5.41, 5.74) is 5.75. The van der Waals surface area contributed by atoms with Gasteiger partial charge >= 0.3 is 0 Å². The van der Waals surface area contributed by atoms with Crippen LogP contribution < -0.4 is 15.2 Å². The van der Waals surface area contributed by atoms with E-state index in [0.29, 0.717) is 15.8 Å². The van der Waals surface area contributed by atoms with E-state index in [-0.39, 0.29) is 24.6 Å². The molecule has 0 fully saturated rings. The molecule has 5 heteroatoms. The van der Waals surface area contributed by atoms with E-state index in [4.69, 9.17) is 22.1 Å². The van der Waals surface area contributed by atoms with Crippen molar-refractivity contribution in [1.82, 2.24) is 0 Å². The summed E-state index contributed by atoms with van der Waals surface area (Å²) in [7, 11) is -1.15. The van der Waals surface area contributed by atoms with Gasteiger partial charge in [0.1, 0.15) is 11.5 Å². The molecule has 0 spiro atoms. The third kappa shape index (κ3) is 3.55. The number of methoxy groups -OCH3 is 2. The van der Waals surface area contributed by atoms with E-state index < -0.39 is 13.5 Å². The summed E-state index contributed by atoms with van der Waals surface area (Å²) in [4.78, 5) is 0. The minimum Gasteiger partial charge on any atom is -0.496 e. The Bertz CT molecular complexity index is 464. The van der Waals surface area contributed by atoms with Crippen molar-refractivity contribution in [3.05, 3.63) is 22.2 Å². The predicted octanol–water partition coefficient (Wildman–Crippen LogP) is 2.39. The highest BCUT2D eigenvalue weighted by Crippen LogP contribution is 2.32. The van der Waals surface area contributed by atoms with Crippen LogP contribution in [-0.2, 0) is 6.42 Å². The van der Waals surface area contributed by atoms with Crippen molar-refractivity contribution >= 4 is 28.3 Å². The van der Waals surface area contributed by atoms with E-state index in [1.807, 2.05) is 0 Å². The van der Waals surface area contributed by atoms with Gasteiger partial charge in [0.25, 0.3) is 0 Å². The molecule has 0 aromatic heterocycles. The lowest BCUT2D eigenvalue weighted by Gasteiger charge is -2.11. The standard InChI is InChI=1S/C10H14BrNO2.ClH/c1-13-9-6-8(11)10(14-2)5-7(9)3-4-12;/h5-6H,3-4,12H2,1-2H3;1H/i2D3,4D2;. The van der Waals surface area contributed by atoms with Crippen molar-refractivity contribution in [3.8, 4) is 11.5 Å². The molecular weight excluding hydrogens is 281 g/mol. The van der Waals surface area contributed by atoms with Gasteiger partial charge in [0.05, 0.1) is 22.7 Å². The maximum atomic E-state index is 7.37. The van der Waals surface area contributed by atoms with Crippen molar-refractivity contribution in [1.29, 1.82) is 0 Å². The molecule has 2 N–H and O–H groups in total. The maximum Gasteiger partial charge on any atom is 0.133 e. The molecule has 0 aliphatic rings. The van der Waals surface area contributed by atoms with Crippen LogP contribution in [0.4, 0.5) is 0 Å². The van der Waals surface area contributed by atoms with Crippen molar-refractivity contribution in [2.75, 3.05) is 20.6 Å². The fourth-order valence-corrected chi connectivity index (χ4v) is 1.50. The average molecular weight is 302 g/mol. The van der Waals surface area contributed by atoms with Crippen LogP contribution >= 0.6 is 28.3 Å². The average Bonchev–Trinajstić information content (AvgIpc) is 2.18. The zero-order valence-electron chi connectivity index (χ0n) is 13.0. The van der Waals surface area contributed by atoms with E-state index in [0.717, 1.165) is 0 Å². The van der Waals surface area contributed by atoms with Gasteiger partial charge in [-0.3, -0.25) is 0 Å². The van der Waals surface area contributed by atoms with Crippen LogP contribution in [0.2, 0.25) is 0 Å². The quantitative estimate of drug-likeness (QED) is 0.929. The number of hydrogen-bond donors (Lipinski definition) is 1. The number of benzene rings is 1. The number of hydrogen-bond acceptors (Lipinski definition) is 3. The highest BCUT2D eigenvalue weighted by molar-refractivity contribution is 9.10. The topological polar surface area (TPSA) is 44.5 Å². The van der Waals surface area contributed by atoms with Crippen LogP contribution in [0.3, 0.4) is 0 Å². The summed E-state index contributed by atoms with van der Waals surface area (Å²) >= 11 is 3.17. The predicted molar refractivity (Wildman–Crippen MR) is 67.3 cm³/mol. The number of nitrogens with two attached hydrogens (primary N) is 1. The lowest BCUT2D eigenvalue weighted by molar-refractivity contribution is 0.397. The summed E-state index contributed by atoms with van der Waals surface area (Å²) in [6, 6.07) is 2.92. The smallest absolute Gasteiger partial charge is 0.133 e. The fraction of sp³-hybridized carbons (Fsp3) is 0.400. The van der Waals surface area contributed by atoms with Gasteiger partial charge in [-0.05, 0) is 46.5 Å². The van der Waals surface area contributed by atoms with Gasteiger partial charge < -0.3 is 15.2 Å². The molecule has 15 heavy (non-hydrogen) atoms. The summed E-state index contributed by atoms with van der Waals surface area (Å²) in [5, 5.41) is 0. The normalized spacial score (nSPS) is 16.1. The van der Waals surface area contributed by atoms with E-state index in [9.17, 15) is 0 Å². The molecule has 0 aliphatic carbocycles. The van der Waals surface area contributed by atoms with E-state index >= 15 is 0 Å². The third-order valence-electron chi connectivity index (χ3n) is 1.74. The first-order valence-corrected chi connectivity index (χ1v) is 4.65. The Balaban J connectivity index is 0.00000361. The first-order valence-electron chi connectivity index (χ1n) is 6.36. The Morgan fingerprint density at radius 1 is 1.47 bits per heavy atom. The molecule has 1 rings (SSSR count). The lowest BCUT2D eigenvalue weighted by Crippen LogP contribution is -2.04. The number of halogens is 2. The van der Waals surface area contributed by atoms with Crippen molar-refractivity contribution in [3.63, 3.8) is 0 Å². The van der Waals surface area contributed by atoms with Crippen molar-refractivity contribution in [2.24, 2.45) is 5.73 Å². The highest BCUT2D eigenvalue weighted by atomic mass is 79.9. The molecule has 0 atom stereocenters. The van der Waals surface area contributed by atoms with Gasteiger partial charge in [-0.1, -0.05) is 0 Å². The summed E-state index contributed by atoms with van der Waals surface area (Å²) in [6.45, 7) is -1.93. The largest absolute Gasteiger partial charge is 0.496 e. The third-order valence-corrected chi connectivity index (χ3v) is 2.36. The zero-order chi connectivity index (χ0) is 14.8. The molecule has 0 bridgehead atoms. The minimum atomic E-state index is -2.59. The molecule has 0 aliphatic heterocycles. The summed E-state index contributed by atoms with van der Waals surface area (Å²) in [5.74, 6) is 0.485. The Hall–Kier alpha value is -0.450. The van der Waals surface area contributed by atoms with Crippen molar-refractivity contribution in [2.45, 2.75) is 6.42 Å². The van der Waals surface area contributed by atoms with Gasteiger partial charge in [0.15, 0.2) is 0 Å². The number of rotatable bonds is 4. The molecule has 0 radical (unpaired) electrons. The first kappa shape index (κ1) is 7.76. The molecule has 86 valence electrons. The fourth-order valence-electron chi connectivity index (χ4n) is 1.09. The molecule has 1 aromatic carbocycles. The molecule has 0 heterocycles. The monoisotopic (exact) mass is 300 g/mol. The van der Waals surface area contributed by atoms with Gasteiger partial charge in [-0.15, -0.1) is 12.4 Å². The SMILES string of the molecule is Cl.[2H]C([2H])(N)Cc1cc(OC([2H])([2H])[2H])c(Br)cc1OC. The van der Waals surface area contributed by atoms with Crippen LogP contribution in [0.1, 0.15) is 12.4 Å². The minimum absolute atomic E-state index is 0. The number of ether oxygens (including phenoxy) is 2. The van der Waals surface area contributed by atoms with Crippen molar-refractivity contribution < 1.29 is 16.3 Å². The second-order valence-corrected chi connectivity index (χ2v) is 3.43. The van der Waals surface area contributed by atoms with Crippen LogP contribution in [-0.4, -0.2) is 20.6 Å². The Morgan fingerprint density at radius 3 is 2.73 bits per heavy atom. The van der Waals surface area contributed by atoms with Gasteiger partial charge in [-0.25, -0.2) is 0 Å². The van der Waals surface area contributed by atoms with E-state index in [1.165, 1.54) is 19.2 Å². The summed E-state index contributed by atoms with van der Waals surface area (Å²) in [6.07, 6.45) is -0.124. The Kier molecular flexibility index (Phi) is 3.59. The second kappa shape index (κ2) is 6.93. The van der Waals surface area contributed by atoms with E-state index in [2.05, 4.69) is 15.9 Å². The Morgan fingerprint density at radius 2 is 2.20 bits per heavy atom. The van der Waals surface area contributed by atoms with Gasteiger partial charge in [0, 0.05) is 2.74 Å². The number of aryl methyl sites for hydroxylation is 1.